The summed E-state index contributed by atoms with van der Waals surface area (Å²) in [5.41, 5.74) is 4.10. The monoisotopic (exact) mass is 390 g/mol. The number of thioether (sulfide) groups is 1. The molecule has 0 aromatic heterocycles. The number of amidine groups is 1. The molecule has 146 valence electrons. The van der Waals surface area contributed by atoms with Crippen molar-refractivity contribution in [3.05, 3.63) is 75.9 Å². The van der Waals surface area contributed by atoms with Crippen LogP contribution in [-0.2, 0) is 0 Å². The summed E-state index contributed by atoms with van der Waals surface area (Å²) >= 11 is 1.69. The van der Waals surface area contributed by atoms with Crippen LogP contribution < -0.4 is 15.8 Å². The smallest absolute Gasteiger partial charge is 0.122 e. The molecule has 0 fully saturated rings. The first-order valence-electron chi connectivity index (χ1n) is 9.12. The maximum Gasteiger partial charge on any atom is 0.122 e. The van der Waals surface area contributed by atoms with Crippen molar-refractivity contribution in [2.24, 2.45) is 0 Å². The van der Waals surface area contributed by atoms with E-state index in [1.165, 1.54) is 5.57 Å². The van der Waals surface area contributed by atoms with Crippen LogP contribution in [0.3, 0.4) is 0 Å². The highest BCUT2D eigenvalue weighted by atomic mass is 32.2. The summed E-state index contributed by atoms with van der Waals surface area (Å²) in [4.78, 5) is 1.16. The van der Waals surface area contributed by atoms with Crippen molar-refractivity contribution >= 4 is 35.2 Å². The molecular weight excluding hydrogens is 360 g/mol. The normalized spacial score (nSPS) is 14.4. The fourth-order valence-corrected chi connectivity index (χ4v) is 3.59. The Bertz CT molecular complexity index is 985. The lowest BCUT2D eigenvalue weighted by Crippen LogP contribution is -2.32. The molecule has 0 saturated carbocycles. The van der Waals surface area contributed by atoms with Gasteiger partial charge in [0.1, 0.15) is 5.84 Å². The van der Waals surface area contributed by atoms with Gasteiger partial charge < -0.3 is 5.32 Å². The lowest BCUT2D eigenvalue weighted by molar-refractivity contribution is 1.10. The lowest BCUT2D eigenvalue weighted by Gasteiger charge is -2.14. The van der Waals surface area contributed by atoms with Crippen molar-refractivity contribution in [1.82, 2.24) is 5.32 Å². The molecule has 0 saturated heterocycles. The molecule has 28 heavy (non-hydrogen) atoms. The second-order valence-corrected chi connectivity index (χ2v) is 7.20. The van der Waals surface area contributed by atoms with Crippen molar-refractivity contribution in [1.29, 1.82) is 5.41 Å². The zero-order valence-corrected chi connectivity index (χ0v) is 18.3. The number of hydrogen-bond acceptors (Lipinski definition) is 2. The Balaban J connectivity index is 3.82. The molecule has 0 heterocycles. The van der Waals surface area contributed by atoms with E-state index in [4.69, 9.17) is 11.8 Å². The molecule has 3 heteroatoms. The Morgan fingerprint density at radius 3 is 2.50 bits per heavy atom. The highest BCUT2D eigenvalue weighted by Gasteiger charge is 2.11. The van der Waals surface area contributed by atoms with Crippen LogP contribution in [0.5, 0.6) is 0 Å². The number of hydrogen-bond donors (Lipinski definition) is 2. The van der Waals surface area contributed by atoms with Crippen molar-refractivity contribution < 1.29 is 0 Å². The average Bonchev–Trinajstić information content (AvgIpc) is 2.66. The van der Waals surface area contributed by atoms with Gasteiger partial charge in [0, 0.05) is 10.6 Å². The molecule has 0 aliphatic carbocycles. The highest BCUT2D eigenvalue weighted by molar-refractivity contribution is 8.07. The van der Waals surface area contributed by atoms with E-state index in [0.717, 1.165) is 32.2 Å². The predicted molar refractivity (Wildman–Crippen MR) is 129 cm³/mol. The number of rotatable bonds is 7. The van der Waals surface area contributed by atoms with Gasteiger partial charge in [-0.05, 0) is 79.3 Å². The van der Waals surface area contributed by atoms with Crippen LogP contribution in [0.4, 0.5) is 0 Å². The quantitative estimate of drug-likeness (QED) is 0.227. The van der Waals surface area contributed by atoms with Gasteiger partial charge in [0.25, 0.3) is 0 Å². The molecular formula is C25H30N2S. The molecule has 1 aromatic rings. The first kappa shape index (κ1) is 23.3. The van der Waals surface area contributed by atoms with Gasteiger partial charge >= 0.3 is 0 Å². The zero-order chi connectivity index (χ0) is 21.3. The van der Waals surface area contributed by atoms with E-state index in [-0.39, 0.29) is 5.92 Å². The molecule has 2 nitrogen and oxygen atoms in total. The summed E-state index contributed by atoms with van der Waals surface area (Å²) in [6.45, 7) is 16.1. The van der Waals surface area contributed by atoms with Crippen LogP contribution in [0.2, 0.25) is 0 Å². The first-order chi connectivity index (χ1) is 13.3. The minimum atomic E-state index is -0.232. The molecule has 0 amide bonds. The van der Waals surface area contributed by atoms with Crippen LogP contribution in [0.15, 0.2) is 54.3 Å². The van der Waals surface area contributed by atoms with E-state index in [1.807, 2.05) is 32.9 Å². The van der Waals surface area contributed by atoms with Crippen LogP contribution in [0.25, 0.3) is 17.6 Å². The van der Waals surface area contributed by atoms with E-state index in [1.54, 1.807) is 23.9 Å². The number of nitrogens with one attached hydrogen (secondary N) is 2. The van der Waals surface area contributed by atoms with Gasteiger partial charge in [-0.2, -0.15) is 0 Å². The van der Waals surface area contributed by atoms with Gasteiger partial charge in [-0.15, -0.1) is 24.8 Å². The second kappa shape index (κ2) is 11.2. The Labute approximate surface area is 174 Å². The summed E-state index contributed by atoms with van der Waals surface area (Å²) in [6.07, 6.45) is 17.4. The molecule has 0 bridgehead atoms. The Kier molecular flexibility index (Phi) is 9.35. The van der Waals surface area contributed by atoms with E-state index in [0.29, 0.717) is 5.84 Å². The highest BCUT2D eigenvalue weighted by Crippen LogP contribution is 2.29. The van der Waals surface area contributed by atoms with Crippen LogP contribution in [-0.4, -0.2) is 12.1 Å². The molecule has 0 aliphatic heterocycles. The number of terminal acetylenes is 1. The van der Waals surface area contributed by atoms with Crippen molar-refractivity contribution in [2.75, 3.05) is 6.26 Å². The fraction of sp³-hybridized carbons (Fsp3) is 0.240. The van der Waals surface area contributed by atoms with Gasteiger partial charge in [-0.25, -0.2) is 0 Å². The SMILES string of the molecule is C#CC(C=C)c1cc(/C(SC)=C(\C)C=CC)c/c(=C/C(=N)N/C(C)=C/C)c1=C. The van der Waals surface area contributed by atoms with Crippen LogP contribution >= 0.6 is 11.8 Å². The van der Waals surface area contributed by atoms with Crippen molar-refractivity contribution in [2.45, 2.75) is 33.6 Å². The number of allylic oxidation sites excluding steroid dienone is 6. The first-order valence-corrected chi connectivity index (χ1v) is 10.3. The summed E-state index contributed by atoms with van der Waals surface area (Å²) in [5, 5.41) is 13.0. The third-order valence-corrected chi connectivity index (χ3v) is 5.34. The fourth-order valence-electron chi connectivity index (χ4n) is 2.85. The molecule has 1 rings (SSSR count). The minimum absolute atomic E-state index is 0.232. The van der Waals surface area contributed by atoms with E-state index < -0.39 is 0 Å². The topological polar surface area (TPSA) is 35.9 Å². The Morgan fingerprint density at radius 1 is 1.32 bits per heavy atom. The van der Waals surface area contributed by atoms with Gasteiger partial charge in [0.15, 0.2) is 0 Å². The van der Waals surface area contributed by atoms with Gasteiger partial charge in [0.2, 0.25) is 0 Å². The predicted octanol–water partition coefficient (Wildman–Crippen LogP) is 4.94. The van der Waals surface area contributed by atoms with E-state index in [2.05, 4.69) is 55.8 Å². The third-order valence-electron chi connectivity index (χ3n) is 4.38. The van der Waals surface area contributed by atoms with Crippen LogP contribution in [0, 0.1) is 17.8 Å². The van der Waals surface area contributed by atoms with Crippen LogP contribution in [0.1, 0.15) is 44.7 Å². The van der Waals surface area contributed by atoms with Crippen molar-refractivity contribution in [3.8, 4) is 12.3 Å². The molecule has 1 unspecified atom stereocenters. The maximum absolute atomic E-state index is 8.27. The summed E-state index contributed by atoms with van der Waals surface area (Å²) < 4.78 is 0. The summed E-state index contributed by atoms with van der Waals surface area (Å²) in [5.74, 6) is 2.85. The van der Waals surface area contributed by atoms with Gasteiger partial charge in [0.05, 0.1) is 5.92 Å². The third kappa shape index (κ3) is 5.90. The number of benzene rings is 1. The molecule has 1 atom stereocenters. The Morgan fingerprint density at radius 2 is 2.00 bits per heavy atom. The van der Waals surface area contributed by atoms with Gasteiger partial charge in [-0.3, -0.25) is 5.41 Å². The van der Waals surface area contributed by atoms with Gasteiger partial charge in [-0.1, -0.05) is 36.8 Å². The molecule has 0 spiro atoms. The summed E-state index contributed by atoms with van der Waals surface area (Å²) in [7, 11) is 0. The summed E-state index contributed by atoms with van der Waals surface area (Å²) in [6, 6.07) is 4.17. The lowest BCUT2D eigenvalue weighted by atomic mass is 9.94. The zero-order valence-electron chi connectivity index (χ0n) is 17.5. The largest absolute Gasteiger partial charge is 0.345 e. The second-order valence-electron chi connectivity index (χ2n) is 6.38. The van der Waals surface area contributed by atoms with E-state index >= 15 is 0 Å². The van der Waals surface area contributed by atoms with E-state index in [9.17, 15) is 0 Å². The van der Waals surface area contributed by atoms with Crippen molar-refractivity contribution in [3.63, 3.8) is 0 Å². The molecule has 0 aliphatic rings. The maximum atomic E-state index is 8.27. The molecule has 1 aromatic carbocycles. The molecule has 0 radical (unpaired) electrons. The minimum Gasteiger partial charge on any atom is -0.345 e. The average molecular weight is 391 g/mol. The standard InChI is InChI=1S/C25H30N2S/c1-9-13-17(5)25(28-8)22-14-21(16-24(26)27-18(6)10-2)19(7)23(15-22)20(11-3)12-4/h3,9-10,12-16,20H,4,7H2,1-2,5-6,8H3,(H2,26,27)/b13-9?,18-10+,21-16-,25-17-. The Hall–Kier alpha value is -2.70. The molecule has 2 N–H and O–H groups in total.